The number of benzene rings is 3. The van der Waals surface area contributed by atoms with Crippen LogP contribution in [0.4, 0.5) is 17.1 Å². The van der Waals surface area contributed by atoms with Crippen molar-refractivity contribution in [1.82, 2.24) is 0 Å². The fourth-order valence-electron chi connectivity index (χ4n) is 3.31. The molecule has 0 spiro atoms. The number of carbonyl (C=O) groups is 4. The molecule has 0 aliphatic carbocycles. The maximum atomic E-state index is 12.9. The van der Waals surface area contributed by atoms with Gasteiger partial charge in [-0.1, -0.05) is 32.1 Å². The van der Waals surface area contributed by atoms with E-state index in [1.54, 1.807) is 86.3 Å². The number of amides is 3. The summed E-state index contributed by atoms with van der Waals surface area (Å²) in [5, 5.41) is 8.27. The summed E-state index contributed by atoms with van der Waals surface area (Å²) in [5.41, 5.74) is 3.09. The van der Waals surface area contributed by atoms with Crippen LogP contribution in [0.1, 0.15) is 53.0 Å². The number of thioether (sulfide) groups is 1. The van der Waals surface area contributed by atoms with E-state index in [1.807, 2.05) is 18.4 Å². The zero-order valence-electron chi connectivity index (χ0n) is 21.0. The van der Waals surface area contributed by atoms with Gasteiger partial charge in [0.1, 0.15) is 0 Å². The molecule has 0 heterocycles. The number of carbonyl (C=O) groups excluding carboxylic acids is 4. The average Bonchev–Trinajstić information content (AvgIpc) is 2.92. The van der Waals surface area contributed by atoms with E-state index in [1.165, 1.54) is 6.08 Å². The SMILES string of the molecule is CCC(=O)Nc1cc(NC(=O)CC)cc(C(=O)Nc2ccc(/C=C/C(=O)c3ccc(SC)cc3)cc2)c1. The van der Waals surface area contributed by atoms with Crippen molar-refractivity contribution in [1.29, 1.82) is 0 Å². The van der Waals surface area contributed by atoms with Crippen LogP contribution in [0.15, 0.2) is 77.7 Å². The summed E-state index contributed by atoms with van der Waals surface area (Å²) in [4.78, 5) is 50.1. The minimum absolute atomic E-state index is 0.0916. The molecule has 3 amide bonds. The van der Waals surface area contributed by atoms with Crippen molar-refractivity contribution in [2.24, 2.45) is 0 Å². The van der Waals surface area contributed by atoms with Crippen molar-refractivity contribution in [3.05, 3.63) is 89.5 Å². The van der Waals surface area contributed by atoms with E-state index in [-0.39, 0.29) is 36.0 Å². The largest absolute Gasteiger partial charge is 0.326 e. The van der Waals surface area contributed by atoms with Crippen LogP contribution in [0, 0.1) is 0 Å². The summed E-state index contributed by atoms with van der Waals surface area (Å²) in [6.07, 6.45) is 5.79. The minimum atomic E-state index is -0.397. The monoisotopic (exact) mass is 515 g/mol. The number of allylic oxidation sites excluding steroid dienone is 1. The quantitative estimate of drug-likeness (QED) is 0.168. The van der Waals surface area contributed by atoms with Gasteiger partial charge in [0.05, 0.1) is 0 Å². The van der Waals surface area contributed by atoms with Crippen LogP contribution in [-0.2, 0) is 9.59 Å². The van der Waals surface area contributed by atoms with Crippen LogP contribution < -0.4 is 16.0 Å². The second-order valence-electron chi connectivity index (χ2n) is 8.10. The van der Waals surface area contributed by atoms with Crippen LogP contribution in [0.25, 0.3) is 6.08 Å². The Bertz CT molecular complexity index is 1280. The van der Waals surface area contributed by atoms with Crippen molar-refractivity contribution in [2.45, 2.75) is 31.6 Å². The Morgan fingerprint density at radius 1 is 0.703 bits per heavy atom. The summed E-state index contributed by atoms with van der Waals surface area (Å²) < 4.78 is 0. The number of ketones is 1. The van der Waals surface area contributed by atoms with E-state index in [4.69, 9.17) is 0 Å². The molecule has 8 heteroatoms. The molecular weight excluding hydrogens is 486 g/mol. The first-order valence-corrected chi connectivity index (χ1v) is 13.1. The van der Waals surface area contributed by atoms with Gasteiger partial charge in [-0.3, -0.25) is 19.2 Å². The van der Waals surface area contributed by atoms with Crippen molar-refractivity contribution in [2.75, 3.05) is 22.2 Å². The fourth-order valence-corrected chi connectivity index (χ4v) is 3.71. The minimum Gasteiger partial charge on any atom is -0.326 e. The Hall–Kier alpha value is -4.17. The van der Waals surface area contributed by atoms with Gasteiger partial charge in [0, 0.05) is 45.9 Å². The number of anilines is 3. The van der Waals surface area contributed by atoms with Crippen LogP contribution in [0.2, 0.25) is 0 Å². The molecule has 0 saturated carbocycles. The first kappa shape index (κ1) is 27.4. The molecule has 0 radical (unpaired) electrons. The highest BCUT2D eigenvalue weighted by Crippen LogP contribution is 2.22. The average molecular weight is 516 g/mol. The molecule has 3 aromatic rings. The van der Waals surface area contributed by atoms with Gasteiger partial charge in [-0.2, -0.15) is 0 Å². The van der Waals surface area contributed by atoms with Crippen LogP contribution in [0.3, 0.4) is 0 Å². The van der Waals surface area contributed by atoms with Crippen molar-refractivity contribution < 1.29 is 19.2 Å². The van der Waals surface area contributed by atoms with E-state index in [0.717, 1.165) is 10.5 Å². The second-order valence-corrected chi connectivity index (χ2v) is 8.98. The van der Waals surface area contributed by atoms with E-state index in [9.17, 15) is 19.2 Å². The van der Waals surface area contributed by atoms with E-state index >= 15 is 0 Å². The summed E-state index contributed by atoms with van der Waals surface area (Å²) in [6, 6.07) is 19.2. The van der Waals surface area contributed by atoms with Crippen LogP contribution >= 0.6 is 11.8 Å². The van der Waals surface area contributed by atoms with Crippen LogP contribution in [0.5, 0.6) is 0 Å². The Morgan fingerprint density at radius 3 is 1.78 bits per heavy atom. The lowest BCUT2D eigenvalue weighted by molar-refractivity contribution is -0.116. The van der Waals surface area contributed by atoms with Gasteiger partial charge in [-0.15, -0.1) is 11.8 Å². The fraction of sp³-hybridized carbons (Fsp3) is 0.172. The zero-order valence-corrected chi connectivity index (χ0v) is 21.8. The van der Waals surface area contributed by atoms with Crippen molar-refractivity contribution >= 4 is 58.4 Å². The Kier molecular flexibility index (Phi) is 9.80. The number of hydrogen-bond acceptors (Lipinski definition) is 5. The zero-order chi connectivity index (χ0) is 26.8. The van der Waals surface area contributed by atoms with Crippen molar-refractivity contribution in [3.8, 4) is 0 Å². The molecule has 0 fully saturated rings. The Labute approximate surface area is 220 Å². The molecule has 0 atom stereocenters. The molecule has 190 valence electrons. The highest BCUT2D eigenvalue weighted by molar-refractivity contribution is 7.98. The Balaban J connectivity index is 1.70. The van der Waals surface area contributed by atoms with Gasteiger partial charge < -0.3 is 16.0 Å². The molecule has 3 rings (SSSR count). The van der Waals surface area contributed by atoms with Gasteiger partial charge in [0.25, 0.3) is 5.91 Å². The van der Waals surface area contributed by atoms with Crippen molar-refractivity contribution in [3.63, 3.8) is 0 Å². The highest BCUT2D eigenvalue weighted by Gasteiger charge is 2.12. The lowest BCUT2D eigenvalue weighted by Crippen LogP contribution is -2.16. The molecule has 37 heavy (non-hydrogen) atoms. The molecular formula is C29H29N3O4S. The third-order valence-corrected chi connectivity index (χ3v) is 6.12. The summed E-state index contributed by atoms with van der Waals surface area (Å²) in [5.74, 6) is -0.897. The predicted octanol–water partition coefficient (Wildman–Crippen LogP) is 6.25. The number of nitrogens with one attached hydrogen (secondary N) is 3. The molecule has 3 N–H and O–H groups in total. The molecule has 7 nitrogen and oxygen atoms in total. The van der Waals surface area contributed by atoms with E-state index in [0.29, 0.717) is 22.6 Å². The van der Waals surface area contributed by atoms with Gasteiger partial charge in [-0.25, -0.2) is 0 Å². The predicted molar refractivity (Wildman–Crippen MR) is 150 cm³/mol. The van der Waals surface area contributed by atoms with Crippen LogP contribution in [-0.4, -0.2) is 29.8 Å². The maximum Gasteiger partial charge on any atom is 0.255 e. The highest BCUT2D eigenvalue weighted by atomic mass is 32.2. The molecule has 0 aromatic heterocycles. The molecule has 0 aliphatic heterocycles. The van der Waals surface area contributed by atoms with Gasteiger partial charge in [0.15, 0.2) is 5.78 Å². The molecule has 3 aromatic carbocycles. The van der Waals surface area contributed by atoms with E-state index in [2.05, 4.69) is 16.0 Å². The standard InChI is InChI=1S/C29H29N3O4S/c1-4-27(34)30-23-16-21(17-24(18-23)31-28(35)5-2)29(36)32-22-11-6-19(7-12-22)8-15-26(33)20-9-13-25(37-3)14-10-20/h6-18H,4-5H2,1-3H3,(H,30,34)(H,31,35)(H,32,36)/b15-8+. The number of rotatable bonds is 10. The lowest BCUT2D eigenvalue weighted by atomic mass is 10.1. The third-order valence-electron chi connectivity index (χ3n) is 5.38. The van der Waals surface area contributed by atoms with Gasteiger partial charge in [-0.05, 0) is 72.5 Å². The smallest absolute Gasteiger partial charge is 0.255 e. The molecule has 0 unspecified atom stereocenters. The second kappa shape index (κ2) is 13.2. The summed E-state index contributed by atoms with van der Waals surface area (Å²) in [6.45, 7) is 3.45. The normalized spacial score (nSPS) is 10.7. The maximum absolute atomic E-state index is 12.9. The molecule has 0 bridgehead atoms. The summed E-state index contributed by atoms with van der Waals surface area (Å²) in [7, 11) is 0. The molecule has 0 saturated heterocycles. The van der Waals surface area contributed by atoms with Gasteiger partial charge >= 0.3 is 0 Å². The first-order chi connectivity index (χ1) is 17.8. The summed E-state index contributed by atoms with van der Waals surface area (Å²) >= 11 is 1.62. The topological polar surface area (TPSA) is 104 Å². The Morgan fingerprint density at radius 2 is 1.27 bits per heavy atom. The van der Waals surface area contributed by atoms with Gasteiger partial charge in [0.2, 0.25) is 11.8 Å². The third kappa shape index (κ3) is 8.18. The van der Waals surface area contributed by atoms with E-state index < -0.39 is 5.91 Å². The number of hydrogen-bond donors (Lipinski definition) is 3. The lowest BCUT2D eigenvalue weighted by Gasteiger charge is -2.12. The molecule has 0 aliphatic rings. The first-order valence-electron chi connectivity index (χ1n) is 11.8.